The number of piperidine rings is 1. The van der Waals surface area contributed by atoms with Gasteiger partial charge in [-0.2, -0.15) is 0 Å². The second kappa shape index (κ2) is 9.91. The first-order chi connectivity index (χ1) is 11.2. The summed E-state index contributed by atoms with van der Waals surface area (Å²) in [5.74, 6) is 1.69. The van der Waals surface area contributed by atoms with Gasteiger partial charge in [0.25, 0.3) is 0 Å². The predicted molar refractivity (Wildman–Crippen MR) is 93.0 cm³/mol. The molecule has 1 N–H and O–H groups in total. The molecule has 1 heterocycles. The second-order valence-corrected chi connectivity index (χ2v) is 6.56. The molecule has 1 aromatic rings. The van der Waals surface area contributed by atoms with Gasteiger partial charge in [-0.25, -0.2) is 0 Å². The molecule has 1 atom stereocenters. The van der Waals surface area contributed by atoms with Crippen LogP contribution in [0.4, 0.5) is 0 Å². The summed E-state index contributed by atoms with van der Waals surface area (Å²) >= 11 is 0. The second-order valence-electron chi connectivity index (χ2n) is 6.56. The van der Waals surface area contributed by atoms with E-state index in [1.807, 2.05) is 12.1 Å². The third kappa shape index (κ3) is 6.90. The number of nitrogens with zero attached hydrogens (tertiary/aromatic N) is 1. The van der Waals surface area contributed by atoms with Crippen molar-refractivity contribution in [3.8, 4) is 5.75 Å². The van der Waals surface area contributed by atoms with Crippen molar-refractivity contribution < 1.29 is 14.6 Å². The molecule has 0 spiro atoms. The molecule has 0 amide bonds. The lowest BCUT2D eigenvalue weighted by molar-refractivity contribution is 0.00333. The molecule has 0 unspecified atom stereocenters. The molecule has 23 heavy (non-hydrogen) atoms. The molecule has 1 aromatic carbocycles. The summed E-state index contributed by atoms with van der Waals surface area (Å²) in [7, 11) is 0. The van der Waals surface area contributed by atoms with E-state index in [2.05, 4.69) is 30.9 Å². The lowest BCUT2D eigenvalue weighted by atomic mass is 9.99. The minimum Gasteiger partial charge on any atom is -0.491 e. The molecule has 1 aliphatic rings. The number of aryl methyl sites for hydroxylation is 1. The van der Waals surface area contributed by atoms with Crippen LogP contribution in [0.15, 0.2) is 24.3 Å². The van der Waals surface area contributed by atoms with Gasteiger partial charge in [0.2, 0.25) is 0 Å². The highest BCUT2D eigenvalue weighted by Gasteiger charge is 2.18. The van der Waals surface area contributed by atoms with Crippen LogP contribution in [0.25, 0.3) is 0 Å². The first-order valence-corrected chi connectivity index (χ1v) is 8.87. The van der Waals surface area contributed by atoms with Crippen LogP contribution in [0, 0.1) is 5.92 Å². The van der Waals surface area contributed by atoms with Gasteiger partial charge in [0.15, 0.2) is 0 Å². The minimum atomic E-state index is -0.410. The molecule has 1 aliphatic heterocycles. The molecule has 0 aliphatic carbocycles. The summed E-state index contributed by atoms with van der Waals surface area (Å²) in [4.78, 5) is 2.33. The highest BCUT2D eigenvalue weighted by Crippen LogP contribution is 2.16. The number of aliphatic hydroxyl groups excluding tert-OH is 1. The number of hydrogen-bond acceptors (Lipinski definition) is 4. The Morgan fingerprint density at radius 3 is 2.52 bits per heavy atom. The van der Waals surface area contributed by atoms with E-state index in [1.54, 1.807) is 0 Å². The quantitative estimate of drug-likeness (QED) is 0.710. The number of likely N-dealkylation sites (tertiary alicyclic amines) is 1. The molecule has 1 fully saturated rings. The van der Waals surface area contributed by atoms with Crippen LogP contribution >= 0.6 is 0 Å². The molecular weight excluding hydrogens is 290 g/mol. The minimum absolute atomic E-state index is 0.379. The Kier molecular flexibility index (Phi) is 7.86. The van der Waals surface area contributed by atoms with E-state index < -0.39 is 6.10 Å². The van der Waals surface area contributed by atoms with E-state index in [9.17, 15) is 5.11 Å². The van der Waals surface area contributed by atoms with E-state index in [4.69, 9.17) is 9.47 Å². The van der Waals surface area contributed by atoms with E-state index in [0.29, 0.717) is 26.4 Å². The van der Waals surface area contributed by atoms with Crippen LogP contribution in [0.5, 0.6) is 5.75 Å². The van der Waals surface area contributed by atoms with Gasteiger partial charge in [-0.15, -0.1) is 0 Å². The maximum Gasteiger partial charge on any atom is 0.119 e. The van der Waals surface area contributed by atoms with E-state index in [-0.39, 0.29) is 0 Å². The standard InChI is InChI=1S/C19H31NO3/c1-3-17-4-6-19(7-5-17)23-13-12-22-15-18(21)14-20-10-8-16(2)9-11-20/h4-7,16,18,21H,3,8-15H2,1-2H3/t18-/m1/s1. The van der Waals surface area contributed by atoms with Gasteiger partial charge in [0.1, 0.15) is 12.4 Å². The molecule has 0 saturated carbocycles. The van der Waals surface area contributed by atoms with Crippen LogP contribution in [0.3, 0.4) is 0 Å². The largest absolute Gasteiger partial charge is 0.491 e. The van der Waals surface area contributed by atoms with Crippen molar-refractivity contribution in [2.45, 2.75) is 39.2 Å². The molecule has 0 bridgehead atoms. The fourth-order valence-electron chi connectivity index (χ4n) is 2.85. The van der Waals surface area contributed by atoms with Gasteiger partial charge >= 0.3 is 0 Å². The maximum absolute atomic E-state index is 10.0. The summed E-state index contributed by atoms with van der Waals surface area (Å²) in [6.45, 7) is 8.73. The number of benzene rings is 1. The van der Waals surface area contributed by atoms with Gasteiger partial charge in [0, 0.05) is 6.54 Å². The molecule has 1 saturated heterocycles. The monoisotopic (exact) mass is 321 g/mol. The Hall–Kier alpha value is -1.10. The summed E-state index contributed by atoms with van der Waals surface area (Å²) in [6, 6.07) is 8.15. The molecule has 0 radical (unpaired) electrons. The van der Waals surface area contributed by atoms with Crippen molar-refractivity contribution >= 4 is 0 Å². The number of ether oxygens (including phenoxy) is 2. The summed E-state index contributed by atoms with van der Waals surface area (Å²) < 4.78 is 11.2. The Bertz CT molecular complexity index is 427. The van der Waals surface area contributed by atoms with Crippen molar-refractivity contribution in [1.29, 1.82) is 0 Å². The van der Waals surface area contributed by atoms with Crippen molar-refractivity contribution in [3.05, 3.63) is 29.8 Å². The zero-order chi connectivity index (χ0) is 16.5. The number of β-amino-alcohol motifs (C(OH)–C–C–N with tert-alkyl or cyclic N) is 1. The van der Waals surface area contributed by atoms with Gasteiger partial charge in [-0.1, -0.05) is 26.0 Å². The normalized spacial score (nSPS) is 18.0. The Morgan fingerprint density at radius 2 is 1.87 bits per heavy atom. The number of aliphatic hydroxyl groups is 1. The van der Waals surface area contributed by atoms with E-state index >= 15 is 0 Å². The van der Waals surface area contributed by atoms with Crippen LogP contribution in [-0.2, 0) is 11.2 Å². The van der Waals surface area contributed by atoms with Crippen LogP contribution < -0.4 is 4.74 Å². The Labute approximate surface area is 140 Å². The smallest absolute Gasteiger partial charge is 0.119 e. The lowest BCUT2D eigenvalue weighted by Gasteiger charge is -2.31. The van der Waals surface area contributed by atoms with E-state index in [1.165, 1.54) is 18.4 Å². The Balaban J connectivity index is 1.52. The molecular formula is C19H31NO3. The van der Waals surface area contributed by atoms with Gasteiger partial charge in [-0.05, 0) is 56.0 Å². The predicted octanol–water partition coefficient (Wildman–Crippen LogP) is 2.74. The number of hydrogen-bond donors (Lipinski definition) is 1. The third-order valence-corrected chi connectivity index (χ3v) is 4.48. The fourth-order valence-corrected chi connectivity index (χ4v) is 2.85. The van der Waals surface area contributed by atoms with Crippen molar-refractivity contribution in [2.24, 2.45) is 5.92 Å². The average molecular weight is 321 g/mol. The molecule has 4 heteroatoms. The van der Waals surface area contributed by atoms with Crippen LogP contribution in [0.2, 0.25) is 0 Å². The van der Waals surface area contributed by atoms with Gasteiger partial charge in [0.05, 0.1) is 19.3 Å². The first-order valence-electron chi connectivity index (χ1n) is 8.87. The van der Waals surface area contributed by atoms with Gasteiger partial charge < -0.3 is 19.5 Å². The Morgan fingerprint density at radius 1 is 1.17 bits per heavy atom. The molecule has 4 nitrogen and oxygen atoms in total. The fraction of sp³-hybridized carbons (Fsp3) is 0.684. The first kappa shape index (κ1) is 18.2. The summed E-state index contributed by atoms with van der Waals surface area (Å²) in [6.07, 6.45) is 3.10. The third-order valence-electron chi connectivity index (χ3n) is 4.48. The van der Waals surface area contributed by atoms with E-state index in [0.717, 1.165) is 31.2 Å². The van der Waals surface area contributed by atoms with Crippen molar-refractivity contribution in [1.82, 2.24) is 4.90 Å². The van der Waals surface area contributed by atoms with Crippen LogP contribution in [-0.4, -0.2) is 55.6 Å². The van der Waals surface area contributed by atoms with Gasteiger partial charge in [-0.3, -0.25) is 0 Å². The van der Waals surface area contributed by atoms with Crippen LogP contribution in [0.1, 0.15) is 32.3 Å². The number of rotatable bonds is 9. The topological polar surface area (TPSA) is 41.9 Å². The molecule has 0 aromatic heterocycles. The zero-order valence-electron chi connectivity index (χ0n) is 14.5. The van der Waals surface area contributed by atoms with Crippen molar-refractivity contribution in [2.75, 3.05) is 39.5 Å². The maximum atomic E-state index is 10.0. The highest BCUT2D eigenvalue weighted by molar-refractivity contribution is 5.27. The zero-order valence-corrected chi connectivity index (χ0v) is 14.5. The highest BCUT2D eigenvalue weighted by atomic mass is 16.5. The average Bonchev–Trinajstić information content (AvgIpc) is 2.57. The summed E-state index contributed by atoms with van der Waals surface area (Å²) in [5.41, 5.74) is 1.31. The molecule has 130 valence electrons. The molecule has 2 rings (SSSR count). The lowest BCUT2D eigenvalue weighted by Crippen LogP contribution is -2.40. The van der Waals surface area contributed by atoms with Crippen molar-refractivity contribution in [3.63, 3.8) is 0 Å². The summed E-state index contributed by atoms with van der Waals surface area (Å²) in [5, 5.41) is 10.0. The SMILES string of the molecule is CCc1ccc(OCCOC[C@H](O)CN2CCC(C)CC2)cc1.